The summed E-state index contributed by atoms with van der Waals surface area (Å²) >= 11 is 1.59. The second-order valence-corrected chi connectivity index (χ2v) is 5.82. The summed E-state index contributed by atoms with van der Waals surface area (Å²) in [6, 6.07) is 6.06. The molecule has 1 aromatic carbocycles. The number of fused-ring (bicyclic) bond motifs is 1. The number of carbonyl (C=O) groups is 1. The average Bonchev–Trinajstić information content (AvgIpc) is 2.98. The van der Waals surface area contributed by atoms with Gasteiger partial charge in [0.15, 0.2) is 5.82 Å². The molecule has 0 unspecified atom stereocenters. The van der Waals surface area contributed by atoms with Crippen LogP contribution in [0.3, 0.4) is 0 Å². The quantitative estimate of drug-likeness (QED) is 0.712. The highest BCUT2D eigenvalue weighted by atomic mass is 32.1. The molecule has 0 amide bonds. The molecule has 0 saturated heterocycles. The molecule has 0 aliphatic heterocycles. The number of hydrogen-bond donors (Lipinski definition) is 2. The van der Waals surface area contributed by atoms with E-state index in [1.54, 1.807) is 11.3 Å². The summed E-state index contributed by atoms with van der Waals surface area (Å²) in [6.45, 7) is 0.154. The fourth-order valence-electron chi connectivity index (χ4n) is 2.22. The molecule has 0 fully saturated rings. The van der Waals surface area contributed by atoms with E-state index in [0.29, 0.717) is 6.54 Å². The molecule has 0 bridgehead atoms. The van der Waals surface area contributed by atoms with Crippen LogP contribution in [-0.4, -0.2) is 32.2 Å². The van der Waals surface area contributed by atoms with Crippen LogP contribution in [0.4, 0.5) is 5.82 Å². The summed E-state index contributed by atoms with van der Waals surface area (Å²) in [4.78, 5) is 31.0. The van der Waals surface area contributed by atoms with Gasteiger partial charge in [0.2, 0.25) is 0 Å². The molecule has 0 atom stereocenters. The molecule has 0 aliphatic carbocycles. The van der Waals surface area contributed by atoms with E-state index >= 15 is 0 Å². The Morgan fingerprint density at radius 3 is 3.04 bits per heavy atom. The van der Waals surface area contributed by atoms with Gasteiger partial charge in [0.25, 0.3) is 5.56 Å². The zero-order chi connectivity index (χ0) is 16.2. The molecule has 0 saturated carbocycles. The Kier molecular flexibility index (Phi) is 4.33. The molecule has 0 aliphatic rings. The van der Waals surface area contributed by atoms with E-state index in [1.807, 2.05) is 17.6 Å². The molecule has 8 heteroatoms. The van der Waals surface area contributed by atoms with Gasteiger partial charge in [0.1, 0.15) is 6.54 Å². The molecule has 7 nitrogen and oxygen atoms in total. The van der Waals surface area contributed by atoms with Crippen molar-refractivity contribution in [3.63, 3.8) is 0 Å². The minimum atomic E-state index is -1.07. The van der Waals surface area contributed by atoms with E-state index in [-0.39, 0.29) is 12.4 Å². The summed E-state index contributed by atoms with van der Waals surface area (Å²) in [5.41, 5.74) is 3.49. The molecule has 0 spiro atoms. The Bertz CT molecular complexity index is 903. The predicted molar refractivity (Wildman–Crippen MR) is 87.9 cm³/mol. The van der Waals surface area contributed by atoms with E-state index < -0.39 is 11.5 Å². The lowest BCUT2D eigenvalue weighted by Crippen LogP contribution is -2.27. The standard InChI is InChI=1S/C15H14N4O3S/c20-13(21)8-19-6-5-17-14(15(19)22)16-4-3-10-1-2-11-12(7-10)23-9-18-11/h1-2,5-7,9H,3-4,8H2,(H,16,17)(H,20,21). The summed E-state index contributed by atoms with van der Waals surface area (Å²) in [6.07, 6.45) is 3.50. The Hall–Kier alpha value is -2.74. The highest BCUT2D eigenvalue weighted by Gasteiger charge is 2.07. The number of thiazole rings is 1. The lowest BCUT2D eigenvalue weighted by molar-refractivity contribution is -0.137. The van der Waals surface area contributed by atoms with Gasteiger partial charge in [-0.1, -0.05) is 6.07 Å². The maximum atomic E-state index is 12.1. The van der Waals surface area contributed by atoms with E-state index in [2.05, 4.69) is 21.4 Å². The SMILES string of the molecule is O=C(O)Cn1ccnc(NCCc2ccc3ncsc3c2)c1=O. The van der Waals surface area contributed by atoms with Gasteiger partial charge in [0, 0.05) is 18.9 Å². The van der Waals surface area contributed by atoms with Gasteiger partial charge in [-0.25, -0.2) is 9.97 Å². The lowest BCUT2D eigenvalue weighted by Gasteiger charge is -2.07. The van der Waals surface area contributed by atoms with Crippen LogP contribution < -0.4 is 10.9 Å². The van der Waals surface area contributed by atoms with E-state index in [1.165, 1.54) is 12.4 Å². The van der Waals surface area contributed by atoms with Gasteiger partial charge in [-0.3, -0.25) is 14.2 Å². The van der Waals surface area contributed by atoms with E-state index in [4.69, 9.17) is 5.11 Å². The first-order valence-corrected chi connectivity index (χ1v) is 7.85. The minimum Gasteiger partial charge on any atom is -0.480 e. The van der Waals surface area contributed by atoms with Crippen molar-refractivity contribution in [2.75, 3.05) is 11.9 Å². The van der Waals surface area contributed by atoms with Crippen molar-refractivity contribution in [2.24, 2.45) is 0 Å². The Balaban J connectivity index is 1.66. The zero-order valence-electron chi connectivity index (χ0n) is 12.1. The number of aromatic nitrogens is 3. The van der Waals surface area contributed by atoms with Crippen molar-refractivity contribution >= 4 is 33.3 Å². The van der Waals surface area contributed by atoms with Gasteiger partial charge in [-0.2, -0.15) is 0 Å². The monoisotopic (exact) mass is 330 g/mol. The molecule has 23 heavy (non-hydrogen) atoms. The van der Waals surface area contributed by atoms with Crippen molar-refractivity contribution < 1.29 is 9.90 Å². The first-order valence-electron chi connectivity index (χ1n) is 6.97. The van der Waals surface area contributed by atoms with Crippen LogP contribution in [-0.2, 0) is 17.8 Å². The molecule has 3 rings (SSSR count). The first kappa shape index (κ1) is 15.2. The van der Waals surface area contributed by atoms with Crippen LogP contribution in [0.15, 0.2) is 40.9 Å². The number of carboxylic acid groups (broad SMARTS) is 1. The third-order valence-electron chi connectivity index (χ3n) is 3.32. The predicted octanol–water partition coefficient (Wildman–Crippen LogP) is 1.59. The Morgan fingerprint density at radius 1 is 1.35 bits per heavy atom. The highest BCUT2D eigenvalue weighted by molar-refractivity contribution is 7.16. The second kappa shape index (κ2) is 6.57. The van der Waals surface area contributed by atoms with Gasteiger partial charge in [-0.15, -0.1) is 11.3 Å². The van der Waals surface area contributed by atoms with Crippen LogP contribution in [0.1, 0.15) is 5.56 Å². The van der Waals surface area contributed by atoms with Crippen molar-refractivity contribution in [3.8, 4) is 0 Å². The molecule has 0 radical (unpaired) electrons. The molecule has 3 aromatic rings. The Labute approximate surface area is 135 Å². The number of carboxylic acids is 1. The Morgan fingerprint density at radius 2 is 2.22 bits per heavy atom. The minimum absolute atomic E-state index is 0.160. The smallest absolute Gasteiger partial charge is 0.323 e. The summed E-state index contributed by atoms with van der Waals surface area (Å²) in [5, 5.41) is 11.7. The molecule has 2 N–H and O–H groups in total. The number of nitrogens with one attached hydrogen (secondary N) is 1. The van der Waals surface area contributed by atoms with Crippen LogP contribution >= 0.6 is 11.3 Å². The zero-order valence-corrected chi connectivity index (χ0v) is 12.9. The molecular weight excluding hydrogens is 316 g/mol. The van der Waals surface area contributed by atoms with E-state index in [0.717, 1.165) is 26.8 Å². The maximum Gasteiger partial charge on any atom is 0.323 e. The summed E-state index contributed by atoms with van der Waals surface area (Å²) in [5.74, 6) is -0.908. The van der Waals surface area contributed by atoms with Crippen molar-refractivity contribution in [1.82, 2.24) is 14.5 Å². The molecule has 2 heterocycles. The van der Waals surface area contributed by atoms with Crippen LogP contribution in [0.25, 0.3) is 10.2 Å². The van der Waals surface area contributed by atoms with Crippen molar-refractivity contribution in [2.45, 2.75) is 13.0 Å². The number of nitrogens with zero attached hydrogens (tertiary/aromatic N) is 3. The largest absolute Gasteiger partial charge is 0.480 e. The fraction of sp³-hybridized carbons (Fsp3) is 0.200. The van der Waals surface area contributed by atoms with Gasteiger partial charge >= 0.3 is 5.97 Å². The van der Waals surface area contributed by atoms with Gasteiger partial charge in [0.05, 0.1) is 15.7 Å². The third kappa shape index (κ3) is 3.54. The normalized spacial score (nSPS) is 10.8. The highest BCUT2D eigenvalue weighted by Crippen LogP contribution is 2.19. The summed E-state index contributed by atoms with van der Waals surface area (Å²) in [7, 11) is 0. The number of rotatable bonds is 6. The van der Waals surface area contributed by atoms with Crippen LogP contribution in [0.2, 0.25) is 0 Å². The van der Waals surface area contributed by atoms with Crippen LogP contribution in [0.5, 0.6) is 0 Å². The van der Waals surface area contributed by atoms with Crippen LogP contribution in [0, 0.1) is 0 Å². The van der Waals surface area contributed by atoms with Crippen molar-refractivity contribution in [3.05, 3.63) is 52.0 Å². The fourth-order valence-corrected chi connectivity index (χ4v) is 2.96. The van der Waals surface area contributed by atoms with Crippen molar-refractivity contribution in [1.29, 1.82) is 0 Å². The third-order valence-corrected chi connectivity index (χ3v) is 4.11. The molecule has 118 valence electrons. The first-order chi connectivity index (χ1) is 11.1. The number of anilines is 1. The molecular formula is C15H14N4O3S. The van der Waals surface area contributed by atoms with E-state index in [9.17, 15) is 9.59 Å². The average molecular weight is 330 g/mol. The number of aliphatic carboxylic acids is 1. The summed E-state index contributed by atoms with van der Waals surface area (Å²) < 4.78 is 2.24. The number of hydrogen-bond acceptors (Lipinski definition) is 6. The molecule has 2 aromatic heterocycles. The van der Waals surface area contributed by atoms with Gasteiger partial charge in [-0.05, 0) is 24.1 Å². The topological polar surface area (TPSA) is 97.1 Å². The number of benzene rings is 1. The maximum absolute atomic E-state index is 12.1. The second-order valence-electron chi connectivity index (χ2n) is 4.93. The lowest BCUT2D eigenvalue weighted by atomic mass is 10.1. The van der Waals surface area contributed by atoms with Gasteiger partial charge < -0.3 is 10.4 Å².